The molecule has 144 valence electrons. The van der Waals surface area contributed by atoms with Crippen LogP contribution in [0, 0.1) is 18.8 Å². The second kappa shape index (κ2) is 7.54. The van der Waals surface area contributed by atoms with Crippen LogP contribution in [-0.2, 0) is 4.79 Å². The predicted molar refractivity (Wildman–Crippen MR) is 105 cm³/mol. The Labute approximate surface area is 164 Å². The third kappa shape index (κ3) is 3.30. The Balaban J connectivity index is 1.50. The molecule has 6 nitrogen and oxygen atoms in total. The Morgan fingerprint density at radius 1 is 1.07 bits per heavy atom. The molecule has 1 aliphatic heterocycles. The molecule has 1 aliphatic carbocycles. The number of hydrogen-bond acceptors (Lipinski definition) is 4. The summed E-state index contributed by atoms with van der Waals surface area (Å²) in [5.74, 6) is -0.308. The summed E-state index contributed by atoms with van der Waals surface area (Å²) in [5.41, 5.74) is 1.81. The molecule has 6 heteroatoms. The van der Waals surface area contributed by atoms with Crippen molar-refractivity contribution in [3.8, 4) is 0 Å². The monoisotopic (exact) mass is 377 g/mol. The molecular formula is C22H23N3O3. The number of amides is 3. The van der Waals surface area contributed by atoms with Crippen LogP contribution in [0.15, 0.2) is 42.6 Å². The van der Waals surface area contributed by atoms with Crippen molar-refractivity contribution >= 4 is 23.5 Å². The first-order valence-corrected chi connectivity index (χ1v) is 9.74. The normalized spacial score (nSPS) is 21.5. The molecular weight excluding hydrogens is 354 g/mol. The van der Waals surface area contributed by atoms with E-state index in [4.69, 9.17) is 0 Å². The topological polar surface area (TPSA) is 79.4 Å². The maximum atomic E-state index is 12.9. The van der Waals surface area contributed by atoms with Crippen LogP contribution in [0.25, 0.3) is 0 Å². The first kappa shape index (κ1) is 18.3. The largest absolute Gasteiger partial charge is 0.310 e. The lowest BCUT2D eigenvalue weighted by molar-refractivity contribution is -0.122. The SMILES string of the molecule is Cc1cccnc1NC(=O)C1CCCCC1CN1C(=O)c2ccccc2C1=O. The molecule has 1 saturated carbocycles. The fraction of sp³-hybridized carbons (Fsp3) is 0.364. The Morgan fingerprint density at radius 2 is 1.75 bits per heavy atom. The fourth-order valence-corrected chi connectivity index (χ4v) is 4.24. The average Bonchev–Trinajstić information content (AvgIpc) is 2.95. The number of nitrogens with one attached hydrogen (secondary N) is 1. The van der Waals surface area contributed by atoms with E-state index in [1.165, 1.54) is 4.90 Å². The molecule has 1 aromatic heterocycles. The van der Waals surface area contributed by atoms with Crippen molar-refractivity contribution < 1.29 is 14.4 Å². The minimum absolute atomic E-state index is 0.0417. The van der Waals surface area contributed by atoms with Crippen LogP contribution >= 0.6 is 0 Å². The van der Waals surface area contributed by atoms with E-state index in [9.17, 15) is 14.4 Å². The van der Waals surface area contributed by atoms with E-state index in [2.05, 4.69) is 10.3 Å². The van der Waals surface area contributed by atoms with Gasteiger partial charge in [0.25, 0.3) is 11.8 Å². The molecule has 1 N–H and O–H groups in total. The van der Waals surface area contributed by atoms with Crippen molar-refractivity contribution in [3.05, 3.63) is 59.3 Å². The van der Waals surface area contributed by atoms with Crippen LogP contribution < -0.4 is 5.32 Å². The van der Waals surface area contributed by atoms with E-state index >= 15 is 0 Å². The van der Waals surface area contributed by atoms with Gasteiger partial charge in [0.15, 0.2) is 0 Å². The summed E-state index contributed by atoms with van der Waals surface area (Å²) in [4.78, 5) is 43.9. The lowest BCUT2D eigenvalue weighted by Crippen LogP contribution is -2.41. The number of pyridine rings is 1. The molecule has 0 spiro atoms. The standard InChI is InChI=1S/C22H23N3O3/c1-14-7-6-12-23-19(14)24-20(26)16-9-3-2-8-15(16)13-25-21(27)17-10-4-5-11-18(17)22(25)28/h4-7,10-12,15-16H,2-3,8-9,13H2,1H3,(H,23,24,26). The molecule has 4 rings (SSSR count). The Hall–Kier alpha value is -3.02. The van der Waals surface area contributed by atoms with Gasteiger partial charge in [-0.25, -0.2) is 4.98 Å². The van der Waals surface area contributed by atoms with E-state index in [1.807, 2.05) is 19.1 Å². The van der Waals surface area contributed by atoms with E-state index < -0.39 is 0 Å². The molecule has 2 heterocycles. The number of carbonyl (C=O) groups excluding carboxylic acids is 3. The summed E-state index contributed by atoms with van der Waals surface area (Å²) >= 11 is 0. The quantitative estimate of drug-likeness (QED) is 0.828. The highest BCUT2D eigenvalue weighted by molar-refractivity contribution is 6.21. The molecule has 0 bridgehead atoms. The van der Waals surface area contributed by atoms with Crippen LogP contribution in [0.4, 0.5) is 5.82 Å². The van der Waals surface area contributed by atoms with Crippen molar-refractivity contribution in [1.82, 2.24) is 9.88 Å². The van der Waals surface area contributed by atoms with Gasteiger partial charge in [-0.05, 0) is 49.4 Å². The van der Waals surface area contributed by atoms with Crippen LogP contribution in [0.5, 0.6) is 0 Å². The van der Waals surface area contributed by atoms with Gasteiger partial charge in [0.2, 0.25) is 5.91 Å². The predicted octanol–water partition coefficient (Wildman–Crippen LogP) is 3.43. The molecule has 0 radical (unpaired) electrons. The van der Waals surface area contributed by atoms with E-state index in [1.54, 1.807) is 30.5 Å². The number of fused-ring (bicyclic) bond motifs is 1. The van der Waals surface area contributed by atoms with E-state index in [-0.39, 0.29) is 36.1 Å². The van der Waals surface area contributed by atoms with Crippen LogP contribution in [0.2, 0.25) is 0 Å². The van der Waals surface area contributed by atoms with Crippen molar-refractivity contribution in [1.29, 1.82) is 0 Å². The Morgan fingerprint density at radius 3 is 2.43 bits per heavy atom. The third-order valence-corrected chi connectivity index (χ3v) is 5.79. The molecule has 2 aliphatic rings. The second-order valence-corrected chi connectivity index (χ2v) is 7.58. The van der Waals surface area contributed by atoms with Gasteiger partial charge >= 0.3 is 0 Å². The molecule has 0 saturated heterocycles. The Bertz CT molecular complexity index is 905. The second-order valence-electron chi connectivity index (χ2n) is 7.58. The summed E-state index contributed by atoms with van der Waals surface area (Å²) < 4.78 is 0. The third-order valence-electron chi connectivity index (χ3n) is 5.79. The minimum Gasteiger partial charge on any atom is -0.310 e. The van der Waals surface area contributed by atoms with Gasteiger partial charge in [0.1, 0.15) is 5.82 Å². The van der Waals surface area contributed by atoms with Crippen molar-refractivity contribution in [2.45, 2.75) is 32.6 Å². The van der Waals surface area contributed by atoms with Crippen molar-refractivity contribution in [2.75, 3.05) is 11.9 Å². The summed E-state index contributed by atoms with van der Waals surface area (Å²) in [6.45, 7) is 2.19. The van der Waals surface area contributed by atoms with Crippen LogP contribution in [0.1, 0.15) is 52.0 Å². The molecule has 2 unspecified atom stereocenters. The summed E-state index contributed by atoms with van der Waals surface area (Å²) in [6.07, 6.45) is 5.20. The highest BCUT2D eigenvalue weighted by atomic mass is 16.2. The zero-order valence-corrected chi connectivity index (χ0v) is 15.9. The van der Waals surface area contributed by atoms with Gasteiger partial charge < -0.3 is 5.32 Å². The number of nitrogens with zero attached hydrogens (tertiary/aromatic N) is 2. The number of carbonyl (C=O) groups is 3. The molecule has 3 amide bonds. The highest BCUT2D eigenvalue weighted by Crippen LogP contribution is 2.34. The van der Waals surface area contributed by atoms with Gasteiger partial charge in [-0.15, -0.1) is 0 Å². The van der Waals surface area contributed by atoms with Gasteiger partial charge in [-0.2, -0.15) is 0 Å². The maximum absolute atomic E-state index is 12.9. The van der Waals surface area contributed by atoms with Gasteiger partial charge in [-0.3, -0.25) is 19.3 Å². The number of anilines is 1. The highest BCUT2D eigenvalue weighted by Gasteiger charge is 2.40. The summed E-state index contributed by atoms with van der Waals surface area (Å²) in [6, 6.07) is 10.6. The molecule has 1 fully saturated rings. The lowest BCUT2D eigenvalue weighted by atomic mass is 9.78. The van der Waals surface area contributed by atoms with Crippen LogP contribution in [0.3, 0.4) is 0 Å². The summed E-state index contributed by atoms with van der Waals surface area (Å²) in [7, 11) is 0. The number of imide groups is 1. The van der Waals surface area contributed by atoms with Gasteiger partial charge in [0.05, 0.1) is 11.1 Å². The fourth-order valence-electron chi connectivity index (χ4n) is 4.24. The van der Waals surface area contributed by atoms with Gasteiger partial charge in [0, 0.05) is 18.7 Å². The number of aromatic nitrogens is 1. The average molecular weight is 377 g/mol. The Kier molecular flexibility index (Phi) is 4.94. The summed E-state index contributed by atoms with van der Waals surface area (Å²) in [5, 5.41) is 2.94. The molecule has 28 heavy (non-hydrogen) atoms. The number of hydrogen-bond donors (Lipinski definition) is 1. The first-order chi connectivity index (χ1) is 13.6. The van der Waals surface area contributed by atoms with E-state index in [0.717, 1.165) is 31.2 Å². The molecule has 1 aromatic carbocycles. The zero-order valence-electron chi connectivity index (χ0n) is 15.9. The van der Waals surface area contributed by atoms with Gasteiger partial charge in [-0.1, -0.05) is 31.0 Å². The van der Waals surface area contributed by atoms with Crippen molar-refractivity contribution in [3.63, 3.8) is 0 Å². The van der Waals surface area contributed by atoms with Crippen LogP contribution in [-0.4, -0.2) is 34.2 Å². The van der Waals surface area contributed by atoms with Crippen molar-refractivity contribution in [2.24, 2.45) is 11.8 Å². The number of benzene rings is 1. The first-order valence-electron chi connectivity index (χ1n) is 9.74. The minimum atomic E-state index is -0.258. The lowest BCUT2D eigenvalue weighted by Gasteiger charge is -2.32. The number of rotatable bonds is 4. The smallest absolute Gasteiger partial charge is 0.261 e. The zero-order chi connectivity index (χ0) is 19.7. The molecule has 2 atom stereocenters. The molecule has 2 aromatic rings. The maximum Gasteiger partial charge on any atom is 0.261 e. The number of aryl methyl sites for hydroxylation is 1. The van der Waals surface area contributed by atoms with E-state index in [0.29, 0.717) is 16.9 Å².